The Kier molecular flexibility index (Phi) is 15.9. The van der Waals surface area contributed by atoms with E-state index in [0.717, 1.165) is 27.9 Å². The molecule has 0 radical (unpaired) electrons. The number of rotatable bonds is 20. The van der Waals surface area contributed by atoms with E-state index in [1.165, 1.54) is 0 Å². The number of fused-ring (bicyclic) bond motifs is 1. The Labute approximate surface area is 367 Å². The second kappa shape index (κ2) is 21.5. The lowest BCUT2D eigenvalue weighted by atomic mass is 10.00. The molecule has 0 bridgehead atoms. The minimum Gasteiger partial charge on any atom is -0.468 e. The van der Waals surface area contributed by atoms with Crippen LogP contribution in [0.25, 0.3) is 10.8 Å². The quantitative estimate of drug-likeness (QED) is 0.0322. The van der Waals surface area contributed by atoms with Gasteiger partial charge in [0.05, 0.1) is 37.6 Å². The van der Waals surface area contributed by atoms with Crippen molar-refractivity contribution in [1.82, 2.24) is 0 Å². The second-order valence-corrected chi connectivity index (χ2v) is 24.5. The van der Waals surface area contributed by atoms with Gasteiger partial charge in [-0.25, -0.2) is 0 Å². The zero-order valence-corrected chi connectivity index (χ0v) is 38.1. The van der Waals surface area contributed by atoms with Gasteiger partial charge in [0, 0.05) is 27.5 Å². The summed E-state index contributed by atoms with van der Waals surface area (Å²) in [5.41, 5.74) is 2.59. The first-order valence-electron chi connectivity index (χ1n) is 21.5. The summed E-state index contributed by atoms with van der Waals surface area (Å²) in [4.78, 5) is 0. The molecule has 0 N–H and O–H groups in total. The van der Waals surface area contributed by atoms with Crippen molar-refractivity contribution < 1.29 is 50.5 Å². The fourth-order valence-corrected chi connectivity index (χ4v) is 9.65. The summed E-state index contributed by atoms with van der Waals surface area (Å²) in [6.45, 7) is 12.1. The molecule has 2 aliphatic rings. The molecule has 0 amide bonds. The molecule has 11 nitrogen and oxygen atoms in total. The first kappa shape index (κ1) is 45.9. The van der Waals surface area contributed by atoms with Crippen LogP contribution in [-0.4, -0.2) is 79.1 Å². The molecule has 2 fully saturated rings. The van der Waals surface area contributed by atoms with Gasteiger partial charge in [-0.2, -0.15) is 8.42 Å². The minimum atomic E-state index is -4.02. The smallest absolute Gasteiger partial charge is 0.271 e. The Morgan fingerprint density at radius 1 is 0.629 bits per heavy atom. The van der Waals surface area contributed by atoms with Gasteiger partial charge >= 0.3 is 0 Å². The van der Waals surface area contributed by atoms with Crippen LogP contribution < -0.4 is 9.47 Å². The maximum absolute atomic E-state index is 13.5. The molecule has 0 saturated carbocycles. The molecule has 0 unspecified atom stereocenters. The molecular formula is C49H60O11SSi. The van der Waals surface area contributed by atoms with E-state index in [2.05, 4.69) is 43.9 Å². The van der Waals surface area contributed by atoms with Crippen LogP contribution in [0.15, 0.2) is 127 Å². The molecule has 5 aromatic rings. The molecular weight excluding hydrogens is 825 g/mol. The van der Waals surface area contributed by atoms with Crippen LogP contribution in [0.4, 0.5) is 0 Å². The lowest BCUT2D eigenvalue weighted by molar-refractivity contribution is -0.310. The molecule has 62 heavy (non-hydrogen) atoms. The molecule has 7 rings (SSSR count). The Morgan fingerprint density at radius 3 is 1.92 bits per heavy atom. The molecule has 2 aliphatic heterocycles. The van der Waals surface area contributed by atoms with E-state index >= 15 is 0 Å². The third-order valence-electron chi connectivity index (χ3n) is 11.0. The van der Waals surface area contributed by atoms with E-state index in [1.54, 1.807) is 31.2 Å². The molecule has 332 valence electrons. The predicted molar refractivity (Wildman–Crippen MR) is 241 cm³/mol. The minimum absolute atomic E-state index is 0.192. The van der Waals surface area contributed by atoms with Crippen LogP contribution in [0.3, 0.4) is 0 Å². The summed E-state index contributed by atoms with van der Waals surface area (Å²) in [5, 5.41) is 2.21. The number of hydrogen-bond acceptors (Lipinski definition) is 11. The van der Waals surface area contributed by atoms with Crippen molar-refractivity contribution in [3.8, 4) is 11.5 Å². The second-order valence-electron chi connectivity index (χ2n) is 17.3. The summed E-state index contributed by atoms with van der Waals surface area (Å²) in [6.07, 6.45) is -4.63. The maximum atomic E-state index is 13.5. The highest BCUT2D eigenvalue weighted by atomic mass is 32.2. The van der Waals surface area contributed by atoms with Crippen molar-refractivity contribution in [2.45, 2.75) is 121 Å². The van der Waals surface area contributed by atoms with Gasteiger partial charge in [0.25, 0.3) is 10.1 Å². The van der Waals surface area contributed by atoms with Crippen LogP contribution in [0.1, 0.15) is 43.4 Å². The standard InChI is InChI=1S/C49H60O11SSi/c1-35-48(44(53-31-37-14-8-6-9-15-37)29-46(56-35)58-43-24-22-42(23-25-43)55-34-52-26-27-62(3,4)5)59-47-30-45(54-32-39-20-21-40-18-12-13-19-41(40)28-39)49(36(2)57-47)60-61(50,51)33-38-16-10-7-11-17-38/h6-25,28,35-36,44-49H,26-27,29-34H2,1-5H3/t35-,36-,44-,45-,46+,47+,48-,49-/m1/s1. The third kappa shape index (κ3) is 13.7. The summed E-state index contributed by atoms with van der Waals surface area (Å²) in [5.74, 6) is 1.03. The molecule has 0 spiro atoms. The van der Waals surface area contributed by atoms with Gasteiger partial charge in [-0.15, -0.1) is 0 Å². The van der Waals surface area contributed by atoms with Crippen LogP contribution in [0.2, 0.25) is 25.7 Å². The van der Waals surface area contributed by atoms with Crippen molar-refractivity contribution >= 4 is 29.0 Å². The monoisotopic (exact) mass is 884 g/mol. The topological polar surface area (TPSA) is 117 Å². The van der Waals surface area contributed by atoms with Gasteiger partial charge < -0.3 is 37.9 Å². The summed E-state index contributed by atoms with van der Waals surface area (Å²) in [7, 11) is -5.19. The van der Waals surface area contributed by atoms with Crippen molar-refractivity contribution in [3.05, 3.63) is 144 Å². The Morgan fingerprint density at radius 2 is 1.21 bits per heavy atom. The highest BCUT2D eigenvalue weighted by Crippen LogP contribution is 2.34. The van der Waals surface area contributed by atoms with Gasteiger partial charge in [-0.05, 0) is 77.7 Å². The summed E-state index contributed by atoms with van der Waals surface area (Å²) >= 11 is 0. The van der Waals surface area contributed by atoms with E-state index in [-0.39, 0.29) is 25.6 Å². The van der Waals surface area contributed by atoms with E-state index in [4.69, 9.17) is 42.1 Å². The van der Waals surface area contributed by atoms with E-state index < -0.39 is 67.4 Å². The lowest BCUT2D eigenvalue weighted by Gasteiger charge is -2.44. The zero-order chi connectivity index (χ0) is 43.5. The fourth-order valence-electron chi connectivity index (χ4n) is 7.60. The maximum Gasteiger partial charge on any atom is 0.271 e. The Balaban J connectivity index is 1.03. The first-order valence-corrected chi connectivity index (χ1v) is 26.8. The number of benzene rings is 5. The van der Waals surface area contributed by atoms with E-state index in [9.17, 15) is 8.42 Å². The molecule has 2 heterocycles. The molecule has 13 heteroatoms. The molecule has 8 atom stereocenters. The van der Waals surface area contributed by atoms with Crippen LogP contribution in [0, 0.1) is 0 Å². The molecule has 2 saturated heterocycles. The molecule has 0 aliphatic carbocycles. The van der Waals surface area contributed by atoms with Gasteiger partial charge in [0.2, 0.25) is 6.29 Å². The van der Waals surface area contributed by atoms with Gasteiger partial charge in [-0.3, -0.25) is 4.18 Å². The van der Waals surface area contributed by atoms with E-state index in [1.807, 2.05) is 85.8 Å². The predicted octanol–water partition coefficient (Wildman–Crippen LogP) is 9.65. The fraction of sp³-hybridized carbons (Fsp3) is 0.429. The summed E-state index contributed by atoms with van der Waals surface area (Å²) in [6, 6.07) is 41.7. The third-order valence-corrected chi connectivity index (χ3v) is 13.9. The van der Waals surface area contributed by atoms with Gasteiger partial charge in [-0.1, -0.05) is 117 Å². The SMILES string of the molecule is C[C@H]1O[C@@H](Oc2ccc(OCOCC[Si](C)(C)C)cc2)C[C@@H](OCc2ccccc2)[C@@H]1O[C@H]1C[C@@H](OCc2ccc3ccccc3c2)[C@H](OS(=O)(=O)Cc2ccccc2)[C@@H](C)O1. The molecule has 0 aromatic heterocycles. The number of ether oxygens (including phenoxy) is 8. The van der Waals surface area contributed by atoms with Crippen LogP contribution in [0.5, 0.6) is 11.5 Å². The van der Waals surface area contributed by atoms with Crippen LogP contribution >= 0.6 is 0 Å². The summed E-state index contributed by atoms with van der Waals surface area (Å²) < 4.78 is 83.6. The molecule has 5 aromatic carbocycles. The average molecular weight is 885 g/mol. The Hall–Kier alpha value is -4.15. The van der Waals surface area contributed by atoms with Crippen molar-refractivity contribution in [1.29, 1.82) is 0 Å². The van der Waals surface area contributed by atoms with Crippen molar-refractivity contribution in [2.24, 2.45) is 0 Å². The average Bonchev–Trinajstić information content (AvgIpc) is 3.25. The van der Waals surface area contributed by atoms with Gasteiger partial charge in [0.1, 0.15) is 29.5 Å². The lowest BCUT2D eigenvalue weighted by Crippen LogP contribution is -2.56. The highest BCUT2D eigenvalue weighted by Gasteiger charge is 2.46. The number of hydrogen-bond donors (Lipinski definition) is 0. The van der Waals surface area contributed by atoms with Gasteiger partial charge in [0.15, 0.2) is 13.1 Å². The largest absolute Gasteiger partial charge is 0.468 e. The first-order chi connectivity index (χ1) is 29.9. The van der Waals surface area contributed by atoms with Crippen LogP contribution in [-0.2, 0) is 61.7 Å². The van der Waals surface area contributed by atoms with Crippen molar-refractivity contribution in [2.75, 3.05) is 13.4 Å². The Bertz CT molecular complexity index is 2240. The normalized spacial score (nSPS) is 24.5. The zero-order valence-electron chi connectivity index (χ0n) is 36.3. The van der Waals surface area contributed by atoms with E-state index in [0.29, 0.717) is 36.7 Å². The highest BCUT2D eigenvalue weighted by molar-refractivity contribution is 7.85. The van der Waals surface area contributed by atoms with Crippen molar-refractivity contribution in [3.63, 3.8) is 0 Å².